The van der Waals surface area contributed by atoms with E-state index in [1.165, 1.54) is 11.1 Å². The zero-order valence-electron chi connectivity index (χ0n) is 13.0. The summed E-state index contributed by atoms with van der Waals surface area (Å²) in [5.41, 5.74) is 1.29. The van der Waals surface area contributed by atoms with Crippen LogP contribution >= 0.6 is 0 Å². The van der Waals surface area contributed by atoms with Gasteiger partial charge in [-0.3, -0.25) is 0 Å². The van der Waals surface area contributed by atoms with Crippen molar-refractivity contribution in [3.63, 3.8) is 0 Å². The number of hydrogen-bond acceptors (Lipinski definition) is 3. The van der Waals surface area contributed by atoms with Gasteiger partial charge in [-0.1, -0.05) is 13.0 Å². The predicted molar refractivity (Wildman–Crippen MR) is 83.3 cm³/mol. The SMILES string of the molecule is C[C@]12CC[C@@H]3c4ccc(O)cc4CC[C@H]3[C@@H]1CC[C@@]2(O)C#N. The first-order valence-electron chi connectivity index (χ1n) is 8.44. The van der Waals surface area contributed by atoms with Gasteiger partial charge in [-0.15, -0.1) is 0 Å². The molecule has 22 heavy (non-hydrogen) atoms. The van der Waals surface area contributed by atoms with E-state index >= 15 is 0 Å². The Morgan fingerprint density at radius 1 is 1.23 bits per heavy atom. The maximum Gasteiger partial charge on any atom is 0.156 e. The molecule has 0 radical (unpaired) electrons. The van der Waals surface area contributed by atoms with Crippen molar-refractivity contribution >= 4 is 0 Å². The largest absolute Gasteiger partial charge is 0.508 e. The van der Waals surface area contributed by atoms with Crippen molar-refractivity contribution in [1.29, 1.82) is 5.26 Å². The van der Waals surface area contributed by atoms with Gasteiger partial charge in [0.15, 0.2) is 5.60 Å². The summed E-state index contributed by atoms with van der Waals surface area (Å²) in [6, 6.07) is 8.03. The summed E-state index contributed by atoms with van der Waals surface area (Å²) in [5.74, 6) is 1.90. The summed E-state index contributed by atoms with van der Waals surface area (Å²) in [5, 5.41) is 30.0. The van der Waals surface area contributed by atoms with Gasteiger partial charge in [0.1, 0.15) is 5.75 Å². The van der Waals surface area contributed by atoms with Crippen LogP contribution in [0.15, 0.2) is 18.2 Å². The van der Waals surface area contributed by atoms with Crippen LogP contribution in [-0.2, 0) is 6.42 Å². The van der Waals surface area contributed by atoms with Crippen LogP contribution in [0.2, 0.25) is 0 Å². The van der Waals surface area contributed by atoms with Crippen LogP contribution in [0.1, 0.15) is 56.1 Å². The van der Waals surface area contributed by atoms with Gasteiger partial charge in [0, 0.05) is 5.41 Å². The lowest BCUT2D eigenvalue weighted by atomic mass is 9.53. The number of benzene rings is 1. The highest BCUT2D eigenvalue weighted by Gasteiger charge is 2.62. The molecule has 0 aliphatic heterocycles. The third kappa shape index (κ3) is 1.65. The van der Waals surface area contributed by atoms with Crippen molar-refractivity contribution in [2.75, 3.05) is 0 Å². The van der Waals surface area contributed by atoms with Crippen LogP contribution in [0.3, 0.4) is 0 Å². The molecule has 116 valence electrons. The number of aromatic hydroxyl groups is 1. The van der Waals surface area contributed by atoms with Crippen molar-refractivity contribution in [2.24, 2.45) is 17.3 Å². The van der Waals surface area contributed by atoms with Gasteiger partial charge in [-0.05, 0) is 79.5 Å². The maximum atomic E-state index is 10.8. The zero-order chi connectivity index (χ0) is 15.5. The molecule has 0 unspecified atom stereocenters. The van der Waals surface area contributed by atoms with Crippen LogP contribution in [0.5, 0.6) is 5.75 Å². The highest BCUT2D eigenvalue weighted by Crippen LogP contribution is 2.64. The van der Waals surface area contributed by atoms with E-state index in [1.807, 2.05) is 6.07 Å². The average molecular weight is 297 g/mol. The molecule has 5 atom stereocenters. The minimum atomic E-state index is -1.14. The van der Waals surface area contributed by atoms with Gasteiger partial charge in [-0.25, -0.2) is 0 Å². The molecule has 3 heteroatoms. The number of nitrogens with zero attached hydrogens (tertiary/aromatic N) is 1. The molecular formula is C19H23NO2. The Morgan fingerprint density at radius 2 is 2.05 bits per heavy atom. The first-order valence-corrected chi connectivity index (χ1v) is 8.44. The van der Waals surface area contributed by atoms with Gasteiger partial charge in [0.2, 0.25) is 0 Å². The summed E-state index contributed by atoms with van der Waals surface area (Å²) in [6.45, 7) is 2.14. The molecule has 0 bridgehead atoms. The first kappa shape index (κ1) is 14.1. The Hall–Kier alpha value is -1.53. The van der Waals surface area contributed by atoms with Gasteiger partial charge in [0.05, 0.1) is 6.07 Å². The lowest BCUT2D eigenvalue weighted by Crippen LogP contribution is -2.50. The summed E-state index contributed by atoms with van der Waals surface area (Å²) in [6.07, 6.45) is 5.67. The van der Waals surface area contributed by atoms with Crippen molar-refractivity contribution in [3.8, 4) is 11.8 Å². The highest BCUT2D eigenvalue weighted by atomic mass is 16.3. The molecule has 0 heterocycles. The number of hydrogen-bond donors (Lipinski definition) is 2. The van der Waals surface area contributed by atoms with Crippen molar-refractivity contribution < 1.29 is 10.2 Å². The molecule has 1 aromatic carbocycles. The van der Waals surface area contributed by atoms with Crippen molar-refractivity contribution in [3.05, 3.63) is 29.3 Å². The topological polar surface area (TPSA) is 64.2 Å². The van der Waals surface area contributed by atoms with E-state index in [9.17, 15) is 15.5 Å². The number of phenols is 1. The van der Waals surface area contributed by atoms with E-state index in [-0.39, 0.29) is 5.41 Å². The lowest BCUT2D eigenvalue weighted by Gasteiger charge is -2.51. The number of rotatable bonds is 0. The second-order valence-electron chi connectivity index (χ2n) is 7.77. The number of nitriles is 1. The fourth-order valence-corrected chi connectivity index (χ4v) is 5.77. The summed E-state index contributed by atoms with van der Waals surface area (Å²) < 4.78 is 0. The van der Waals surface area contributed by atoms with Gasteiger partial charge < -0.3 is 10.2 Å². The number of aliphatic hydroxyl groups is 1. The molecule has 2 saturated carbocycles. The van der Waals surface area contributed by atoms with E-state index in [4.69, 9.17) is 0 Å². The minimum Gasteiger partial charge on any atom is -0.508 e. The predicted octanol–water partition coefficient (Wildman–Crippen LogP) is 3.50. The molecule has 3 aliphatic carbocycles. The molecule has 3 aliphatic rings. The smallest absolute Gasteiger partial charge is 0.156 e. The average Bonchev–Trinajstić information content (AvgIpc) is 2.79. The van der Waals surface area contributed by atoms with E-state index < -0.39 is 5.60 Å². The second kappa shape index (κ2) is 4.49. The molecule has 0 saturated heterocycles. The fourth-order valence-electron chi connectivity index (χ4n) is 5.77. The Labute approximate surface area is 131 Å². The molecule has 2 N–H and O–H groups in total. The van der Waals surface area contributed by atoms with Crippen LogP contribution < -0.4 is 0 Å². The van der Waals surface area contributed by atoms with Crippen LogP contribution in [-0.4, -0.2) is 15.8 Å². The van der Waals surface area contributed by atoms with Gasteiger partial charge >= 0.3 is 0 Å². The number of aryl methyl sites for hydroxylation is 1. The monoisotopic (exact) mass is 297 g/mol. The second-order valence-corrected chi connectivity index (χ2v) is 7.77. The summed E-state index contributed by atoms with van der Waals surface area (Å²) in [4.78, 5) is 0. The quantitative estimate of drug-likeness (QED) is 0.720. The van der Waals surface area contributed by atoms with Crippen molar-refractivity contribution in [2.45, 2.75) is 57.0 Å². The molecule has 1 aromatic rings. The van der Waals surface area contributed by atoms with E-state index in [2.05, 4.69) is 19.1 Å². The molecule has 3 nitrogen and oxygen atoms in total. The van der Waals surface area contributed by atoms with E-state index in [1.54, 1.807) is 6.07 Å². The third-order valence-electron chi connectivity index (χ3n) is 7.05. The standard InChI is InChI=1S/C19H23NO2/c1-18-8-6-15-14-5-3-13(21)10-12(14)2-4-16(15)17(18)7-9-19(18,22)11-20/h3,5,10,15-17,21-22H,2,4,6-9H2,1H3/t15-,16-,17+,18+,19-/m1/s1. The first-order chi connectivity index (χ1) is 10.5. The van der Waals surface area contributed by atoms with E-state index in [0.717, 1.165) is 32.1 Å². The van der Waals surface area contributed by atoms with Crippen LogP contribution in [0.25, 0.3) is 0 Å². The Kier molecular flexibility index (Phi) is 2.87. The molecule has 2 fully saturated rings. The zero-order valence-corrected chi connectivity index (χ0v) is 13.0. The Balaban J connectivity index is 1.72. The molecule has 4 rings (SSSR count). The van der Waals surface area contributed by atoms with Gasteiger partial charge in [0.25, 0.3) is 0 Å². The highest BCUT2D eigenvalue weighted by molar-refractivity contribution is 5.40. The normalized spacial score (nSPS) is 42.9. The molecule has 0 aromatic heterocycles. The van der Waals surface area contributed by atoms with Crippen LogP contribution in [0, 0.1) is 28.6 Å². The molecular weight excluding hydrogens is 274 g/mol. The Bertz CT molecular complexity index is 664. The third-order valence-corrected chi connectivity index (χ3v) is 7.05. The van der Waals surface area contributed by atoms with Gasteiger partial charge in [-0.2, -0.15) is 5.26 Å². The van der Waals surface area contributed by atoms with E-state index in [0.29, 0.717) is 29.9 Å². The summed E-state index contributed by atoms with van der Waals surface area (Å²) in [7, 11) is 0. The van der Waals surface area contributed by atoms with Crippen molar-refractivity contribution in [1.82, 2.24) is 0 Å². The number of fused-ring (bicyclic) bond motifs is 5. The summed E-state index contributed by atoms with van der Waals surface area (Å²) >= 11 is 0. The Morgan fingerprint density at radius 3 is 2.82 bits per heavy atom. The lowest BCUT2D eigenvalue weighted by molar-refractivity contribution is -0.0660. The molecule has 0 spiro atoms. The van der Waals surface area contributed by atoms with Crippen LogP contribution in [0.4, 0.5) is 0 Å². The minimum absolute atomic E-state index is 0.253. The maximum absolute atomic E-state index is 10.8. The molecule has 0 amide bonds. The fraction of sp³-hybridized carbons (Fsp3) is 0.632. The number of phenolic OH excluding ortho intramolecular Hbond substituents is 1.